The van der Waals surface area contributed by atoms with Crippen LogP contribution >= 0.6 is 0 Å². The summed E-state index contributed by atoms with van der Waals surface area (Å²) in [5, 5.41) is 9.71. The Morgan fingerprint density at radius 2 is 1.82 bits per heavy atom. The van der Waals surface area contributed by atoms with Crippen molar-refractivity contribution < 1.29 is 27.8 Å². The van der Waals surface area contributed by atoms with Gasteiger partial charge in [0.15, 0.2) is 5.69 Å². The number of ether oxygens (including phenoxy) is 1. The number of likely N-dealkylation sites (tertiary alicyclic amines) is 2. The zero-order valence-electron chi connectivity index (χ0n) is 21.2. The second kappa shape index (κ2) is 9.87. The highest BCUT2D eigenvalue weighted by Crippen LogP contribution is 2.42. The van der Waals surface area contributed by atoms with E-state index in [9.17, 15) is 23.1 Å². The Morgan fingerprint density at radius 1 is 1.05 bits per heavy atom. The molecule has 3 aromatic rings. The van der Waals surface area contributed by atoms with Gasteiger partial charge in [-0.25, -0.2) is 4.98 Å². The van der Waals surface area contributed by atoms with E-state index in [1.165, 1.54) is 6.20 Å². The molecule has 3 aliphatic heterocycles. The van der Waals surface area contributed by atoms with Crippen LogP contribution < -0.4 is 4.74 Å². The number of hydrogen-bond donors (Lipinski definition) is 1. The molecular formula is C28H28F3N5O3. The summed E-state index contributed by atoms with van der Waals surface area (Å²) in [5.74, 6) is 0.701. The molecule has 1 amide bonds. The fourth-order valence-electron chi connectivity index (χ4n) is 5.59. The van der Waals surface area contributed by atoms with Crippen molar-refractivity contribution in [2.75, 3.05) is 26.2 Å². The second-order valence-corrected chi connectivity index (χ2v) is 10.6. The van der Waals surface area contributed by atoms with E-state index in [-0.39, 0.29) is 11.5 Å². The highest BCUT2D eigenvalue weighted by Gasteiger charge is 2.42. The fourth-order valence-corrected chi connectivity index (χ4v) is 5.59. The van der Waals surface area contributed by atoms with E-state index in [0.29, 0.717) is 37.3 Å². The predicted molar refractivity (Wildman–Crippen MR) is 135 cm³/mol. The fraction of sp³-hybridized carbons (Fsp3) is 0.429. The predicted octanol–water partition coefficient (Wildman–Crippen LogP) is 3.73. The van der Waals surface area contributed by atoms with Crippen molar-refractivity contribution >= 4 is 5.91 Å². The van der Waals surface area contributed by atoms with Gasteiger partial charge in [0.2, 0.25) is 0 Å². The van der Waals surface area contributed by atoms with Crippen LogP contribution in [-0.4, -0.2) is 73.6 Å². The standard InChI is InChI=1S/C28H28F3N5O3/c29-28(30,31)25-15-32-21(13-34-25)16-35-9-6-27(7-10-35)12-20-11-23(33-14-24(20)39-27)18-1-3-19(4-2-18)26(38)36-8-5-22(37)17-36/h1-4,11,13-15,22,37H,5-10,12,16-17H2/t22-/m1/s1. The number of carbonyl (C=O) groups is 1. The summed E-state index contributed by atoms with van der Waals surface area (Å²) < 4.78 is 44.6. The van der Waals surface area contributed by atoms with Gasteiger partial charge >= 0.3 is 6.18 Å². The summed E-state index contributed by atoms with van der Waals surface area (Å²) in [7, 11) is 0. The molecule has 8 nitrogen and oxygen atoms in total. The maximum Gasteiger partial charge on any atom is 0.434 e. The van der Waals surface area contributed by atoms with Gasteiger partial charge in [0, 0.05) is 68.7 Å². The largest absolute Gasteiger partial charge is 0.485 e. The summed E-state index contributed by atoms with van der Waals surface area (Å²) >= 11 is 0. The van der Waals surface area contributed by atoms with Crippen LogP contribution in [0.3, 0.4) is 0 Å². The van der Waals surface area contributed by atoms with Crippen molar-refractivity contribution in [2.24, 2.45) is 0 Å². The second-order valence-electron chi connectivity index (χ2n) is 10.6. The molecule has 5 heterocycles. The lowest BCUT2D eigenvalue weighted by molar-refractivity contribution is -0.141. The number of hydrogen-bond acceptors (Lipinski definition) is 7. The molecular weight excluding hydrogens is 511 g/mol. The van der Waals surface area contributed by atoms with Gasteiger partial charge in [0.1, 0.15) is 11.4 Å². The van der Waals surface area contributed by atoms with E-state index in [1.54, 1.807) is 23.2 Å². The molecule has 3 aliphatic rings. The molecule has 0 saturated carbocycles. The van der Waals surface area contributed by atoms with Gasteiger partial charge in [0.25, 0.3) is 5.91 Å². The first-order chi connectivity index (χ1) is 18.7. The van der Waals surface area contributed by atoms with Crippen molar-refractivity contribution in [3.8, 4) is 17.0 Å². The highest BCUT2D eigenvalue weighted by molar-refractivity contribution is 5.94. The number of halogens is 3. The minimum atomic E-state index is -4.49. The smallest absolute Gasteiger partial charge is 0.434 e. The van der Waals surface area contributed by atoms with E-state index in [1.807, 2.05) is 18.2 Å². The Balaban J connectivity index is 1.07. The maximum absolute atomic E-state index is 12.7. The van der Waals surface area contributed by atoms with E-state index in [2.05, 4.69) is 19.9 Å². The molecule has 1 N–H and O–H groups in total. The molecule has 2 saturated heterocycles. The molecule has 1 spiro atoms. The molecule has 1 atom stereocenters. The number of β-amino-alcohol motifs (C(OH)–C–C–N with tert-alkyl or cyclic N) is 1. The molecule has 11 heteroatoms. The van der Waals surface area contributed by atoms with Crippen LogP contribution in [0.5, 0.6) is 5.75 Å². The molecule has 204 valence electrons. The van der Waals surface area contributed by atoms with Crippen LogP contribution in [0, 0.1) is 0 Å². The monoisotopic (exact) mass is 539 g/mol. The number of pyridine rings is 1. The summed E-state index contributed by atoms with van der Waals surface area (Å²) in [5.41, 5.74) is 2.60. The number of aliphatic hydroxyl groups excluding tert-OH is 1. The number of benzene rings is 1. The van der Waals surface area contributed by atoms with E-state index in [0.717, 1.165) is 61.1 Å². The molecule has 0 bridgehead atoms. The normalized spacial score (nSPS) is 20.7. The zero-order chi connectivity index (χ0) is 27.2. The SMILES string of the molecule is O=C(c1ccc(-c2cc3c(cn2)OC2(CCN(Cc4cnc(C(F)(F)F)cn4)CC2)C3)cc1)N1CC[C@@H](O)C1. The van der Waals surface area contributed by atoms with E-state index in [4.69, 9.17) is 4.74 Å². The highest BCUT2D eigenvalue weighted by atomic mass is 19.4. The van der Waals surface area contributed by atoms with Gasteiger partial charge < -0.3 is 14.7 Å². The third kappa shape index (κ3) is 5.33. The Labute approximate surface area is 223 Å². The van der Waals surface area contributed by atoms with Crippen molar-refractivity contribution in [1.82, 2.24) is 24.8 Å². The average Bonchev–Trinajstić information content (AvgIpc) is 3.52. The topological polar surface area (TPSA) is 91.7 Å². The Morgan fingerprint density at radius 3 is 2.46 bits per heavy atom. The summed E-state index contributed by atoms with van der Waals surface area (Å²) in [6.07, 6.45) is 1.74. The van der Waals surface area contributed by atoms with Crippen molar-refractivity contribution in [3.05, 3.63) is 71.4 Å². The minimum Gasteiger partial charge on any atom is -0.485 e. The number of alkyl halides is 3. The van der Waals surface area contributed by atoms with Gasteiger partial charge in [-0.3, -0.25) is 19.7 Å². The number of rotatable bonds is 4. The van der Waals surface area contributed by atoms with Gasteiger partial charge in [-0.1, -0.05) is 12.1 Å². The Kier molecular flexibility index (Phi) is 6.50. The zero-order valence-corrected chi connectivity index (χ0v) is 21.2. The number of carbonyl (C=O) groups excluding carboxylic acids is 1. The van der Waals surface area contributed by atoms with Crippen LogP contribution in [0.15, 0.2) is 48.9 Å². The van der Waals surface area contributed by atoms with Crippen LogP contribution in [0.1, 0.15) is 46.6 Å². The van der Waals surface area contributed by atoms with Crippen LogP contribution in [-0.2, 0) is 19.1 Å². The molecule has 0 radical (unpaired) electrons. The molecule has 0 unspecified atom stereocenters. The number of piperidine rings is 1. The molecule has 2 fully saturated rings. The van der Waals surface area contributed by atoms with E-state index >= 15 is 0 Å². The van der Waals surface area contributed by atoms with Crippen LogP contribution in [0.2, 0.25) is 0 Å². The Bertz CT molecular complexity index is 1360. The van der Waals surface area contributed by atoms with E-state index < -0.39 is 18.0 Å². The summed E-state index contributed by atoms with van der Waals surface area (Å²) in [6, 6.07) is 9.42. The third-order valence-electron chi connectivity index (χ3n) is 7.81. The first-order valence-corrected chi connectivity index (χ1v) is 13.0. The van der Waals surface area contributed by atoms with Crippen molar-refractivity contribution in [2.45, 2.75) is 50.1 Å². The van der Waals surface area contributed by atoms with Crippen LogP contribution in [0.4, 0.5) is 13.2 Å². The van der Waals surface area contributed by atoms with Crippen LogP contribution in [0.25, 0.3) is 11.3 Å². The molecule has 2 aromatic heterocycles. The lowest BCUT2D eigenvalue weighted by Crippen LogP contribution is -2.47. The van der Waals surface area contributed by atoms with Gasteiger partial charge in [-0.05, 0) is 24.6 Å². The van der Waals surface area contributed by atoms with Crippen molar-refractivity contribution in [3.63, 3.8) is 0 Å². The van der Waals surface area contributed by atoms with Gasteiger partial charge in [0.05, 0.1) is 36.1 Å². The number of aromatic nitrogens is 3. The number of nitrogens with zero attached hydrogens (tertiary/aromatic N) is 5. The van der Waals surface area contributed by atoms with Crippen molar-refractivity contribution in [1.29, 1.82) is 0 Å². The quantitative estimate of drug-likeness (QED) is 0.540. The summed E-state index contributed by atoms with van der Waals surface area (Å²) in [4.78, 5) is 28.5. The maximum atomic E-state index is 12.7. The van der Waals surface area contributed by atoms with Gasteiger partial charge in [-0.2, -0.15) is 13.2 Å². The number of fused-ring (bicyclic) bond motifs is 1. The third-order valence-corrected chi connectivity index (χ3v) is 7.81. The number of aliphatic hydroxyl groups is 1. The lowest BCUT2D eigenvalue weighted by atomic mass is 9.87. The van der Waals surface area contributed by atoms with Gasteiger partial charge in [-0.15, -0.1) is 0 Å². The first-order valence-electron chi connectivity index (χ1n) is 13.0. The molecule has 1 aromatic carbocycles. The molecule has 39 heavy (non-hydrogen) atoms. The average molecular weight is 540 g/mol. The first kappa shape index (κ1) is 25.7. The summed E-state index contributed by atoms with van der Waals surface area (Å²) in [6.45, 7) is 2.85. The molecule has 0 aliphatic carbocycles. The Hall–Kier alpha value is -3.57. The lowest BCUT2D eigenvalue weighted by Gasteiger charge is -2.38. The minimum absolute atomic E-state index is 0.0768. The molecule has 6 rings (SSSR count). The number of amides is 1.